The quantitative estimate of drug-likeness (QED) is 0.486. The highest BCUT2D eigenvalue weighted by atomic mass is 16.2. The zero-order valence-electron chi connectivity index (χ0n) is 23.0. The molecule has 1 aliphatic heterocycles. The Hall–Kier alpha value is -3.26. The monoisotopic (exact) mass is 516 g/mol. The summed E-state index contributed by atoms with van der Waals surface area (Å²) in [5.41, 5.74) is 3.16. The van der Waals surface area contributed by atoms with Crippen molar-refractivity contribution in [3.63, 3.8) is 0 Å². The van der Waals surface area contributed by atoms with Gasteiger partial charge in [0.25, 0.3) is 0 Å². The molecule has 0 radical (unpaired) electrons. The number of nitrogens with one attached hydrogen (secondary N) is 2. The molecule has 0 spiro atoms. The molecular formula is C30H40N6O2. The van der Waals surface area contributed by atoms with Gasteiger partial charge in [0, 0.05) is 24.2 Å². The van der Waals surface area contributed by atoms with Crippen molar-refractivity contribution < 1.29 is 9.59 Å². The molecule has 2 amide bonds. The van der Waals surface area contributed by atoms with E-state index in [9.17, 15) is 9.59 Å². The summed E-state index contributed by atoms with van der Waals surface area (Å²) in [5.74, 6) is 1.57. The second-order valence-electron chi connectivity index (χ2n) is 11.0. The number of likely N-dealkylation sites (N-methyl/N-ethyl adjacent to an activating group) is 1. The maximum absolute atomic E-state index is 14.1. The van der Waals surface area contributed by atoms with E-state index in [-0.39, 0.29) is 29.8 Å². The Morgan fingerprint density at radius 2 is 1.79 bits per heavy atom. The van der Waals surface area contributed by atoms with E-state index < -0.39 is 6.04 Å². The molecule has 2 N–H and O–H groups in total. The van der Waals surface area contributed by atoms with Crippen molar-refractivity contribution >= 4 is 22.7 Å². The van der Waals surface area contributed by atoms with Crippen LogP contribution < -0.4 is 10.6 Å². The van der Waals surface area contributed by atoms with Gasteiger partial charge in [-0.15, -0.1) is 0 Å². The summed E-state index contributed by atoms with van der Waals surface area (Å²) in [5, 5.41) is 7.33. The molecule has 1 aliphatic carbocycles. The van der Waals surface area contributed by atoms with Gasteiger partial charge in [-0.3, -0.25) is 9.59 Å². The highest BCUT2D eigenvalue weighted by molar-refractivity contribution is 5.90. The van der Waals surface area contributed by atoms with E-state index in [4.69, 9.17) is 9.97 Å². The number of hydrogen-bond acceptors (Lipinski definition) is 5. The fourth-order valence-corrected chi connectivity index (χ4v) is 6.18. The first kappa shape index (κ1) is 26.4. The van der Waals surface area contributed by atoms with Crippen molar-refractivity contribution in [1.29, 1.82) is 0 Å². The lowest BCUT2D eigenvalue weighted by molar-refractivity contribution is -0.139. The Morgan fingerprint density at radius 3 is 2.55 bits per heavy atom. The van der Waals surface area contributed by atoms with Gasteiger partial charge in [-0.05, 0) is 71.0 Å². The fourth-order valence-electron chi connectivity index (χ4n) is 6.18. The molecule has 1 saturated carbocycles. The molecule has 3 heterocycles. The second-order valence-corrected chi connectivity index (χ2v) is 11.0. The van der Waals surface area contributed by atoms with Gasteiger partial charge in [-0.2, -0.15) is 0 Å². The Morgan fingerprint density at radius 1 is 1.03 bits per heavy atom. The van der Waals surface area contributed by atoms with Crippen LogP contribution in [0.2, 0.25) is 0 Å². The van der Waals surface area contributed by atoms with Crippen LogP contribution in [-0.2, 0) is 9.59 Å². The minimum atomic E-state index is -0.502. The largest absolute Gasteiger partial charge is 0.343 e. The lowest BCUT2D eigenvalue weighted by Gasteiger charge is -2.35. The van der Waals surface area contributed by atoms with Crippen LogP contribution in [0.1, 0.15) is 75.0 Å². The summed E-state index contributed by atoms with van der Waals surface area (Å²) >= 11 is 0. The van der Waals surface area contributed by atoms with E-state index in [1.165, 1.54) is 17.4 Å². The molecule has 1 saturated heterocycles. The van der Waals surface area contributed by atoms with Gasteiger partial charge in [0.2, 0.25) is 11.8 Å². The van der Waals surface area contributed by atoms with Gasteiger partial charge in [-0.25, -0.2) is 9.97 Å². The maximum Gasteiger partial charge on any atom is 0.246 e. The average molecular weight is 517 g/mol. The first-order valence-electron chi connectivity index (χ1n) is 14.1. The number of benzene rings is 1. The predicted molar refractivity (Wildman–Crippen MR) is 149 cm³/mol. The predicted octanol–water partition coefficient (Wildman–Crippen LogP) is 4.37. The number of likely N-dealkylation sites (tertiary alicyclic amines) is 1. The molecule has 1 aromatic carbocycles. The molecule has 3 aromatic rings. The molecule has 3 atom stereocenters. The van der Waals surface area contributed by atoms with Crippen LogP contribution in [-0.4, -0.2) is 56.9 Å². The fraction of sp³-hybridized carbons (Fsp3) is 0.533. The smallest absolute Gasteiger partial charge is 0.246 e. The van der Waals surface area contributed by atoms with Gasteiger partial charge in [0.05, 0.1) is 23.3 Å². The molecule has 2 fully saturated rings. The summed E-state index contributed by atoms with van der Waals surface area (Å²) in [7, 11) is 1.77. The molecule has 38 heavy (non-hydrogen) atoms. The lowest BCUT2D eigenvalue weighted by atomic mass is 9.83. The Labute approximate surface area is 225 Å². The van der Waals surface area contributed by atoms with E-state index in [0.717, 1.165) is 55.6 Å². The highest BCUT2D eigenvalue weighted by Gasteiger charge is 2.39. The van der Waals surface area contributed by atoms with Gasteiger partial charge >= 0.3 is 0 Å². The van der Waals surface area contributed by atoms with E-state index in [1.54, 1.807) is 7.05 Å². The number of aromatic nitrogens is 3. The van der Waals surface area contributed by atoms with Crippen LogP contribution >= 0.6 is 0 Å². The van der Waals surface area contributed by atoms with Crippen LogP contribution in [0.15, 0.2) is 36.5 Å². The molecule has 8 nitrogen and oxygen atoms in total. The summed E-state index contributed by atoms with van der Waals surface area (Å²) in [6.45, 7) is 6.53. The number of rotatable bonds is 7. The van der Waals surface area contributed by atoms with Crippen molar-refractivity contribution in [2.75, 3.05) is 13.6 Å². The second kappa shape index (κ2) is 11.2. The maximum atomic E-state index is 14.1. The third-order valence-corrected chi connectivity index (χ3v) is 8.39. The Balaban J connectivity index is 1.46. The van der Waals surface area contributed by atoms with Crippen molar-refractivity contribution in [1.82, 2.24) is 30.1 Å². The average Bonchev–Trinajstić information content (AvgIpc) is 3.56. The van der Waals surface area contributed by atoms with Crippen LogP contribution in [0.3, 0.4) is 0 Å². The molecule has 5 rings (SSSR count). The summed E-state index contributed by atoms with van der Waals surface area (Å²) in [4.78, 5) is 38.6. The number of para-hydroxylation sites is 1. The Kier molecular flexibility index (Phi) is 7.79. The number of carbonyl (C=O) groups is 2. The van der Waals surface area contributed by atoms with Crippen molar-refractivity contribution in [3.8, 4) is 5.82 Å². The Bertz CT molecular complexity index is 1310. The minimum Gasteiger partial charge on any atom is -0.343 e. The van der Waals surface area contributed by atoms with E-state index in [1.807, 2.05) is 30.9 Å². The van der Waals surface area contributed by atoms with Crippen molar-refractivity contribution in [2.24, 2.45) is 5.92 Å². The van der Waals surface area contributed by atoms with Crippen LogP contribution in [0.4, 0.5) is 0 Å². The van der Waals surface area contributed by atoms with Crippen LogP contribution in [0, 0.1) is 19.8 Å². The number of hydrogen-bond donors (Lipinski definition) is 2. The topological polar surface area (TPSA) is 92.2 Å². The normalized spacial score (nSPS) is 20.0. The van der Waals surface area contributed by atoms with Gasteiger partial charge < -0.3 is 20.1 Å². The first-order chi connectivity index (χ1) is 18.4. The van der Waals surface area contributed by atoms with E-state index >= 15 is 0 Å². The lowest BCUT2D eigenvalue weighted by Crippen LogP contribution is -2.55. The zero-order chi connectivity index (χ0) is 26.8. The van der Waals surface area contributed by atoms with Gasteiger partial charge in [-0.1, -0.05) is 37.5 Å². The van der Waals surface area contributed by atoms with Crippen LogP contribution in [0.5, 0.6) is 0 Å². The number of nitrogens with zero attached hydrogens (tertiary/aromatic N) is 4. The minimum absolute atomic E-state index is 0.0242. The molecule has 2 aliphatic rings. The number of aryl methyl sites for hydroxylation is 2. The third kappa shape index (κ3) is 5.19. The molecule has 8 heteroatoms. The van der Waals surface area contributed by atoms with Crippen LogP contribution in [0.25, 0.3) is 16.7 Å². The third-order valence-electron chi connectivity index (χ3n) is 8.39. The standard InChI is InChI=1S/C30H40N6O2/c1-19-18-36(25-14-9-8-13-23(19)25)27-17-24(32-21(3)33-27)26-15-10-16-35(26)30(38)28(22-11-6-5-7-12-22)34-29(37)20(2)31-4/h8-9,13-14,17-18,20,22,26,28,31H,5-7,10-12,15-16H2,1-4H3,(H,34,37). The molecule has 202 valence electrons. The summed E-state index contributed by atoms with van der Waals surface area (Å²) in [6.07, 6.45) is 9.23. The number of fused-ring (bicyclic) bond motifs is 1. The summed E-state index contributed by atoms with van der Waals surface area (Å²) in [6, 6.07) is 9.38. The molecule has 0 bridgehead atoms. The SMILES string of the molecule is CNC(C)C(=O)NC(C(=O)N1CCCC1c1cc(-n2cc(C)c3ccccc32)nc(C)n1)C1CCCCC1. The number of carbonyl (C=O) groups excluding carboxylic acids is 2. The van der Waals surface area contributed by atoms with Crippen molar-refractivity contribution in [3.05, 3.63) is 53.6 Å². The highest BCUT2D eigenvalue weighted by Crippen LogP contribution is 2.35. The summed E-state index contributed by atoms with van der Waals surface area (Å²) < 4.78 is 2.12. The zero-order valence-corrected chi connectivity index (χ0v) is 23.0. The van der Waals surface area contributed by atoms with Crippen molar-refractivity contribution in [2.45, 2.75) is 83.8 Å². The van der Waals surface area contributed by atoms with Gasteiger partial charge in [0.1, 0.15) is 17.7 Å². The molecular weight excluding hydrogens is 476 g/mol. The first-order valence-corrected chi connectivity index (χ1v) is 14.1. The molecule has 2 aromatic heterocycles. The van der Waals surface area contributed by atoms with Gasteiger partial charge in [0.15, 0.2) is 0 Å². The number of amides is 2. The molecule has 3 unspecified atom stereocenters. The van der Waals surface area contributed by atoms with E-state index in [2.05, 4.69) is 46.5 Å². The van der Waals surface area contributed by atoms with E-state index in [0.29, 0.717) is 12.4 Å².